The Bertz CT molecular complexity index is 173. The molecule has 0 nitrogen and oxygen atoms in total. The van der Waals surface area contributed by atoms with E-state index in [0.29, 0.717) is 0 Å². The Morgan fingerprint density at radius 3 is 1.60 bits per heavy atom. The highest BCUT2D eigenvalue weighted by Crippen LogP contribution is 2.28. The normalized spacial score (nSPS) is 14.4. The Balaban J connectivity index is 4.00. The zero-order chi connectivity index (χ0) is 15.1. The number of unbranched alkanes of at least 4 members (excludes halogenated alkanes) is 6. The molecule has 0 amide bonds. The lowest BCUT2D eigenvalue weighted by Gasteiger charge is -2.23. The molecule has 0 aliphatic carbocycles. The van der Waals surface area contributed by atoms with Crippen LogP contribution in [0.2, 0.25) is 0 Å². The molecule has 2 atom stereocenters. The highest BCUT2D eigenvalue weighted by molar-refractivity contribution is 4.67. The lowest BCUT2D eigenvalue weighted by molar-refractivity contribution is 0.296. The minimum atomic E-state index is 1.01. The minimum Gasteiger partial charge on any atom is -0.0654 e. The Morgan fingerprint density at radius 2 is 1.00 bits per heavy atom. The molecule has 0 aromatic carbocycles. The van der Waals surface area contributed by atoms with Crippen LogP contribution in [0.3, 0.4) is 0 Å². The second-order valence-corrected chi connectivity index (χ2v) is 6.86. The van der Waals surface area contributed by atoms with E-state index in [9.17, 15) is 0 Å². The summed E-state index contributed by atoms with van der Waals surface area (Å²) in [5, 5.41) is 0. The van der Waals surface area contributed by atoms with Crippen molar-refractivity contribution in [1.29, 1.82) is 0 Å². The van der Waals surface area contributed by atoms with E-state index in [-0.39, 0.29) is 0 Å². The predicted molar refractivity (Wildman–Crippen MR) is 94.3 cm³/mol. The fraction of sp³-hybridized carbons (Fsp3) is 1.00. The Morgan fingerprint density at radius 1 is 0.500 bits per heavy atom. The Labute approximate surface area is 130 Å². The van der Waals surface area contributed by atoms with Crippen molar-refractivity contribution in [3.63, 3.8) is 0 Å². The second-order valence-electron chi connectivity index (χ2n) is 6.86. The number of rotatable bonds is 15. The maximum atomic E-state index is 2.41. The van der Waals surface area contributed by atoms with Gasteiger partial charge in [0.2, 0.25) is 0 Å². The van der Waals surface area contributed by atoms with Gasteiger partial charge in [-0.3, -0.25) is 0 Å². The SMILES string of the molecule is CCCCCCC(CCCC)CC(CC)CCCCC. The summed E-state index contributed by atoms with van der Waals surface area (Å²) in [5.41, 5.74) is 0. The van der Waals surface area contributed by atoms with Crippen LogP contribution in [0.25, 0.3) is 0 Å². The molecular weight excluding hydrogens is 240 g/mol. The summed E-state index contributed by atoms with van der Waals surface area (Å²) in [6.45, 7) is 9.38. The van der Waals surface area contributed by atoms with Gasteiger partial charge >= 0.3 is 0 Å². The molecule has 2 unspecified atom stereocenters. The van der Waals surface area contributed by atoms with E-state index in [1.807, 2.05) is 0 Å². The van der Waals surface area contributed by atoms with Crippen LogP contribution >= 0.6 is 0 Å². The third-order valence-electron chi connectivity index (χ3n) is 4.89. The molecule has 0 radical (unpaired) electrons. The van der Waals surface area contributed by atoms with Crippen LogP contribution < -0.4 is 0 Å². The van der Waals surface area contributed by atoms with Crippen molar-refractivity contribution in [2.24, 2.45) is 11.8 Å². The zero-order valence-electron chi connectivity index (χ0n) is 15.1. The van der Waals surface area contributed by atoms with Gasteiger partial charge in [0.15, 0.2) is 0 Å². The molecule has 0 fully saturated rings. The van der Waals surface area contributed by atoms with Gasteiger partial charge in [0, 0.05) is 0 Å². The van der Waals surface area contributed by atoms with E-state index >= 15 is 0 Å². The van der Waals surface area contributed by atoms with Crippen molar-refractivity contribution in [1.82, 2.24) is 0 Å². The highest BCUT2D eigenvalue weighted by atomic mass is 14.2. The van der Waals surface area contributed by atoms with Crippen molar-refractivity contribution < 1.29 is 0 Å². The van der Waals surface area contributed by atoms with E-state index in [4.69, 9.17) is 0 Å². The number of hydrogen-bond donors (Lipinski definition) is 0. The first-order valence-corrected chi connectivity index (χ1v) is 9.78. The maximum absolute atomic E-state index is 2.41. The third-order valence-corrected chi connectivity index (χ3v) is 4.89. The first-order valence-electron chi connectivity index (χ1n) is 9.78. The molecule has 0 saturated heterocycles. The molecule has 0 aromatic heterocycles. The van der Waals surface area contributed by atoms with E-state index in [1.54, 1.807) is 0 Å². The molecule has 0 heterocycles. The predicted octanol–water partition coefficient (Wildman–Crippen LogP) is 7.76. The molecule has 0 bridgehead atoms. The molecule has 0 saturated carbocycles. The van der Waals surface area contributed by atoms with Crippen LogP contribution in [0.15, 0.2) is 0 Å². The van der Waals surface area contributed by atoms with Crippen LogP contribution in [0.1, 0.15) is 118 Å². The van der Waals surface area contributed by atoms with E-state index in [0.717, 1.165) is 11.8 Å². The molecule has 0 aliphatic rings. The van der Waals surface area contributed by atoms with Crippen LogP contribution in [0, 0.1) is 11.8 Å². The van der Waals surface area contributed by atoms with Gasteiger partial charge in [0.1, 0.15) is 0 Å². The quantitative estimate of drug-likeness (QED) is 0.269. The zero-order valence-corrected chi connectivity index (χ0v) is 15.1. The molecule has 20 heavy (non-hydrogen) atoms. The fourth-order valence-electron chi connectivity index (χ4n) is 3.38. The highest BCUT2D eigenvalue weighted by Gasteiger charge is 2.14. The summed E-state index contributed by atoms with van der Waals surface area (Å²) in [7, 11) is 0. The van der Waals surface area contributed by atoms with Crippen LogP contribution in [0.4, 0.5) is 0 Å². The van der Waals surface area contributed by atoms with Crippen LogP contribution in [0.5, 0.6) is 0 Å². The molecule has 0 heteroatoms. The van der Waals surface area contributed by atoms with Gasteiger partial charge in [-0.1, -0.05) is 111 Å². The maximum Gasteiger partial charge on any atom is -0.0412 e. The van der Waals surface area contributed by atoms with Gasteiger partial charge < -0.3 is 0 Å². The summed E-state index contributed by atoms with van der Waals surface area (Å²) in [5.74, 6) is 2.04. The topological polar surface area (TPSA) is 0 Å². The monoisotopic (exact) mass is 282 g/mol. The smallest absolute Gasteiger partial charge is 0.0412 e. The molecule has 122 valence electrons. The van der Waals surface area contributed by atoms with Crippen molar-refractivity contribution in [3.8, 4) is 0 Å². The number of hydrogen-bond acceptors (Lipinski definition) is 0. The van der Waals surface area contributed by atoms with Crippen molar-refractivity contribution >= 4 is 0 Å². The van der Waals surface area contributed by atoms with E-state index in [2.05, 4.69) is 27.7 Å². The lowest BCUT2D eigenvalue weighted by Crippen LogP contribution is -2.09. The van der Waals surface area contributed by atoms with Gasteiger partial charge in [-0.05, 0) is 18.3 Å². The van der Waals surface area contributed by atoms with Gasteiger partial charge in [0.05, 0.1) is 0 Å². The summed E-state index contributed by atoms with van der Waals surface area (Å²) in [4.78, 5) is 0. The first-order chi connectivity index (χ1) is 9.78. The first kappa shape index (κ1) is 20.0. The van der Waals surface area contributed by atoms with Gasteiger partial charge in [-0.15, -0.1) is 0 Å². The molecule has 0 aliphatic heterocycles. The Kier molecular flexibility index (Phi) is 15.4. The summed E-state index contributed by atoms with van der Waals surface area (Å²) in [6.07, 6.45) is 20.3. The van der Waals surface area contributed by atoms with Crippen molar-refractivity contribution in [3.05, 3.63) is 0 Å². The Hall–Kier alpha value is 0. The third kappa shape index (κ3) is 11.8. The van der Waals surface area contributed by atoms with Crippen molar-refractivity contribution in [2.45, 2.75) is 118 Å². The standard InChI is InChI=1S/C20H42/c1-5-9-12-14-17-20(15-11-7-3)18-19(8-4)16-13-10-6-2/h19-20H,5-18H2,1-4H3. The molecule has 0 N–H and O–H groups in total. The summed E-state index contributed by atoms with van der Waals surface area (Å²) in [6, 6.07) is 0. The van der Waals surface area contributed by atoms with E-state index in [1.165, 1.54) is 89.9 Å². The van der Waals surface area contributed by atoms with Crippen molar-refractivity contribution in [2.75, 3.05) is 0 Å². The summed E-state index contributed by atoms with van der Waals surface area (Å²) >= 11 is 0. The fourth-order valence-corrected chi connectivity index (χ4v) is 3.38. The molecule has 0 aromatic rings. The van der Waals surface area contributed by atoms with Crippen LogP contribution in [-0.2, 0) is 0 Å². The summed E-state index contributed by atoms with van der Waals surface area (Å²) < 4.78 is 0. The van der Waals surface area contributed by atoms with Gasteiger partial charge in [-0.25, -0.2) is 0 Å². The van der Waals surface area contributed by atoms with E-state index < -0.39 is 0 Å². The minimum absolute atomic E-state index is 1.01. The largest absolute Gasteiger partial charge is 0.0654 e. The molecular formula is C20H42. The van der Waals surface area contributed by atoms with Gasteiger partial charge in [0.25, 0.3) is 0 Å². The lowest BCUT2D eigenvalue weighted by atomic mass is 9.83. The average molecular weight is 283 g/mol. The van der Waals surface area contributed by atoms with Gasteiger partial charge in [-0.2, -0.15) is 0 Å². The second kappa shape index (κ2) is 15.4. The average Bonchev–Trinajstić information content (AvgIpc) is 2.47. The van der Waals surface area contributed by atoms with Crippen LogP contribution in [-0.4, -0.2) is 0 Å². The molecule has 0 rings (SSSR count). The molecule has 0 spiro atoms.